The van der Waals surface area contributed by atoms with Crippen LogP contribution in [0.25, 0.3) is 0 Å². The molecular formula is C8H8N4. The molecule has 0 saturated carbocycles. The molecule has 4 nitrogen and oxygen atoms in total. The molecule has 0 bridgehead atoms. The van der Waals surface area contributed by atoms with Crippen LogP contribution in [0.1, 0.15) is 0 Å². The molecule has 0 spiro atoms. The Kier molecular flexibility index (Phi) is 1.59. The maximum Gasteiger partial charge on any atom is 0.181 e. The third-order valence-electron chi connectivity index (χ3n) is 1.87. The highest BCUT2D eigenvalue weighted by Crippen LogP contribution is 2.22. The first-order valence-electron chi connectivity index (χ1n) is 3.67. The van der Waals surface area contributed by atoms with Crippen LogP contribution in [0.5, 0.6) is 0 Å². The van der Waals surface area contributed by atoms with E-state index in [1.807, 2.05) is 30.5 Å². The molecule has 1 heterocycles. The molecule has 1 aliphatic heterocycles. The number of hydrogen-bond acceptors (Lipinski definition) is 4. The molecule has 0 fully saturated rings. The maximum absolute atomic E-state index is 6.89. The first-order valence-corrected chi connectivity index (χ1v) is 3.67. The monoisotopic (exact) mass is 160 g/mol. The third kappa shape index (κ3) is 0.972. The van der Waals surface area contributed by atoms with Crippen molar-refractivity contribution < 1.29 is 0 Å². The number of amidine groups is 1. The summed E-state index contributed by atoms with van der Waals surface area (Å²) in [4.78, 5) is 0. The molecule has 0 aromatic heterocycles. The smallest absolute Gasteiger partial charge is 0.181 e. The minimum Gasteiger partial charge on any atom is -0.284 e. The molecular weight excluding hydrogens is 152 g/mol. The van der Waals surface area contributed by atoms with Gasteiger partial charge in [0.15, 0.2) is 5.84 Å². The summed E-state index contributed by atoms with van der Waals surface area (Å²) in [5, 5.41) is 7.23. The number of allylic oxidation sites excluding steroid dienone is 3. The van der Waals surface area contributed by atoms with Gasteiger partial charge in [0.1, 0.15) is 0 Å². The van der Waals surface area contributed by atoms with Crippen LogP contribution in [0.15, 0.2) is 46.3 Å². The van der Waals surface area contributed by atoms with E-state index in [2.05, 4.69) is 15.6 Å². The molecule has 0 saturated heterocycles. The number of fused-ring (bicyclic) bond motifs is 1. The fourth-order valence-electron chi connectivity index (χ4n) is 1.27. The van der Waals surface area contributed by atoms with Crippen LogP contribution in [0.4, 0.5) is 0 Å². The van der Waals surface area contributed by atoms with Crippen LogP contribution < -0.4 is 5.43 Å². The van der Waals surface area contributed by atoms with Crippen LogP contribution >= 0.6 is 0 Å². The Labute approximate surface area is 69.9 Å². The normalized spacial score (nSPS) is 25.2. The van der Waals surface area contributed by atoms with E-state index in [0.29, 0.717) is 5.84 Å². The average molecular weight is 160 g/mol. The molecule has 0 radical (unpaired) electrons. The summed E-state index contributed by atoms with van der Waals surface area (Å²) in [6, 6.07) is 0. The molecule has 1 atom stereocenters. The largest absolute Gasteiger partial charge is 0.284 e. The van der Waals surface area contributed by atoms with E-state index in [9.17, 15) is 0 Å². The van der Waals surface area contributed by atoms with E-state index >= 15 is 0 Å². The van der Waals surface area contributed by atoms with Crippen molar-refractivity contribution in [3.8, 4) is 0 Å². The van der Waals surface area contributed by atoms with Gasteiger partial charge in [-0.05, 0) is 5.57 Å². The van der Waals surface area contributed by atoms with Crippen LogP contribution in [-0.4, -0.2) is 5.84 Å². The Morgan fingerprint density at radius 2 is 2.42 bits per heavy atom. The second-order valence-electron chi connectivity index (χ2n) is 2.58. The van der Waals surface area contributed by atoms with Crippen molar-refractivity contribution in [3.05, 3.63) is 36.1 Å². The highest BCUT2D eigenvalue weighted by molar-refractivity contribution is 5.90. The first-order chi connectivity index (χ1) is 5.92. The van der Waals surface area contributed by atoms with Gasteiger partial charge in [-0.1, -0.05) is 24.3 Å². The summed E-state index contributed by atoms with van der Waals surface area (Å²) in [5.41, 5.74) is 10.7. The number of hydrazone groups is 1. The van der Waals surface area contributed by atoms with Crippen molar-refractivity contribution in [1.29, 1.82) is 5.53 Å². The second-order valence-corrected chi connectivity index (χ2v) is 2.58. The number of hydrogen-bond donors (Lipinski definition) is 2. The Hall–Kier alpha value is -1.71. The van der Waals surface area contributed by atoms with Gasteiger partial charge in [-0.3, -0.25) is 5.43 Å². The highest BCUT2D eigenvalue weighted by atomic mass is 15.3. The second kappa shape index (κ2) is 2.73. The van der Waals surface area contributed by atoms with Gasteiger partial charge in [-0.25, -0.2) is 5.53 Å². The Balaban J connectivity index is 2.35. The van der Waals surface area contributed by atoms with Crippen LogP contribution in [-0.2, 0) is 0 Å². The molecule has 4 heteroatoms. The van der Waals surface area contributed by atoms with E-state index in [0.717, 1.165) is 5.57 Å². The minimum atomic E-state index is 0.0637. The lowest BCUT2D eigenvalue weighted by Crippen LogP contribution is -2.21. The third-order valence-corrected chi connectivity index (χ3v) is 1.87. The van der Waals surface area contributed by atoms with Crippen molar-refractivity contribution in [1.82, 2.24) is 5.43 Å². The van der Waals surface area contributed by atoms with Gasteiger partial charge in [0, 0.05) is 6.20 Å². The van der Waals surface area contributed by atoms with E-state index in [1.165, 1.54) is 0 Å². The fraction of sp³-hybridized carbons (Fsp3) is 0.125. The summed E-state index contributed by atoms with van der Waals surface area (Å²) in [7, 11) is 0. The summed E-state index contributed by atoms with van der Waals surface area (Å²) in [6.07, 6.45) is 9.67. The van der Waals surface area contributed by atoms with Gasteiger partial charge < -0.3 is 0 Å². The molecule has 2 rings (SSSR count). The SMILES string of the molecule is N=NC1=NNC=C2C=CC=C[C@H]21. The number of nitrogens with one attached hydrogen (secondary N) is 2. The fourth-order valence-corrected chi connectivity index (χ4v) is 1.27. The number of nitrogens with zero attached hydrogens (tertiary/aromatic N) is 2. The van der Waals surface area contributed by atoms with Gasteiger partial charge in [-0.2, -0.15) is 5.10 Å². The van der Waals surface area contributed by atoms with Gasteiger partial charge in [0.05, 0.1) is 5.92 Å². The average Bonchev–Trinajstić information content (AvgIpc) is 2.17. The zero-order valence-electron chi connectivity index (χ0n) is 6.36. The van der Waals surface area contributed by atoms with Gasteiger partial charge >= 0.3 is 0 Å². The van der Waals surface area contributed by atoms with E-state index in [-0.39, 0.29) is 5.92 Å². The van der Waals surface area contributed by atoms with E-state index in [4.69, 9.17) is 5.53 Å². The molecule has 0 aromatic rings. The van der Waals surface area contributed by atoms with Crippen molar-refractivity contribution in [2.45, 2.75) is 0 Å². The lowest BCUT2D eigenvalue weighted by Gasteiger charge is -2.18. The predicted octanol–water partition coefficient (Wildman–Crippen LogP) is 1.56. The topological polar surface area (TPSA) is 60.6 Å². The standard InChI is InChI=1S/C8H8N4/c9-11-8-7-4-2-1-3-6(7)5-10-12-8/h1-5,7,9-10H/t7-/m1/s1. The molecule has 2 aliphatic rings. The van der Waals surface area contributed by atoms with Crippen molar-refractivity contribution >= 4 is 5.84 Å². The maximum atomic E-state index is 6.89. The van der Waals surface area contributed by atoms with E-state index < -0.39 is 0 Å². The lowest BCUT2D eigenvalue weighted by atomic mass is 9.94. The zero-order valence-corrected chi connectivity index (χ0v) is 6.36. The van der Waals surface area contributed by atoms with Crippen LogP contribution in [0.3, 0.4) is 0 Å². The van der Waals surface area contributed by atoms with Crippen molar-refractivity contribution in [2.24, 2.45) is 16.1 Å². The predicted molar refractivity (Wildman–Crippen MR) is 45.6 cm³/mol. The zero-order chi connectivity index (χ0) is 8.39. The highest BCUT2D eigenvalue weighted by Gasteiger charge is 2.20. The summed E-state index contributed by atoms with van der Waals surface area (Å²) in [5.74, 6) is 0.571. The lowest BCUT2D eigenvalue weighted by molar-refractivity contribution is 0.840. The summed E-state index contributed by atoms with van der Waals surface area (Å²) < 4.78 is 0. The van der Waals surface area contributed by atoms with E-state index in [1.54, 1.807) is 0 Å². The molecule has 1 aliphatic carbocycles. The number of rotatable bonds is 0. The quantitative estimate of drug-likeness (QED) is 0.519. The molecule has 12 heavy (non-hydrogen) atoms. The Morgan fingerprint density at radius 3 is 3.25 bits per heavy atom. The molecule has 0 aromatic carbocycles. The Bertz CT molecular complexity index is 310. The molecule has 0 amide bonds. The minimum absolute atomic E-state index is 0.0637. The molecule has 60 valence electrons. The Morgan fingerprint density at radius 1 is 1.50 bits per heavy atom. The summed E-state index contributed by atoms with van der Waals surface area (Å²) in [6.45, 7) is 0. The van der Waals surface area contributed by atoms with Gasteiger partial charge in [-0.15, -0.1) is 5.11 Å². The van der Waals surface area contributed by atoms with Gasteiger partial charge in [0.2, 0.25) is 0 Å². The molecule has 0 unspecified atom stereocenters. The summed E-state index contributed by atoms with van der Waals surface area (Å²) >= 11 is 0. The van der Waals surface area contributed by atoms with Gasteiger partial charge in [0.25, 0.3) is 0 Å². The van der Waals surface area contributed by atoms with Crippen LogP contribution in [0.2, 0.25) is 0 Å². The first kappa shape index (κ1) is 6.97. The molecule has 2 N–H and O–H groups in total. The van der Waals surface area contributed by atoms with Crippen molar-refractivity contribution in [3.63, 3.8) is 0 Å². The van der Waals surface area contributed by atoms with Crippen molar-refractivity contribution in [2.75, 3.05) is 0 Å². The van der Waals surface area contributed by atoms with Crippen LogP contribution in [0, 0.1) is 11.4 Å².